The van der Waals surface area contributed by atoms with E-state index in [0.717, 1.165) is 18.3 Å². The molecule has 3 aromatic rings. The average molecular weight is 575 g/mol. The van der Waals surface area contributed by atoms with E-state index < -0.39 is 17.4 Å². The molecule has 2 aliphatic rings. The molecule has 1 aliphatic carbocycles. The maximum atomic E-state index is 14.3. The molecule has 1 aliphatic heterocycles. The summed E-state index contributed by atoms with van der Waals surface area (Å²) < 4.78 is 23.1. The van der Waals surface area contributed by atoms with Gasteiger partial charge in [-0.25, -0.2) is 18.9 Å². The molecule has 1 atom stereocenters. The highest BCUT2D eigenvalue weighted by Gasteiger charge is 2.48. The molecule has 198 valence electrons. The SMILES string of the molecule is CC(C)(C)[C@]1(C)CN(Cc2cc(F)cnc2Oc2ccc3c(nnn3CC3CC3)c2Br)CCN1C(=O)O. The molecule has 1 aromatic carbocycles. The molecule has 0 bridgehead atoms. The van der Waals surface area contributed by atoms with Gasteiger partial charge in [0.15, 0.2) is 0 Å². The Morgan fingerprint density at radius 3 is 2.73 bits per heavy atom. The minimum atomic E-state index is -0.928. The number of benzene rings is 1. The van der Waals surface area contributed by atoms with Crippen molar-refractivity contribution < 1.29 is 19.0 Å². The van der Waals surface area contributed by atoms with Gasteiger partial charge in [0.25, 0.3) is 0 Å². The van der Waals surface area contributed by atoms with Crippen molar-refractivity contribution in [1.29, 1.82) is 0 Å². The third kappa shape index (κ3) is 5.03. The van der Waals surface area contributed by atoms with E-state index in [-0.39, 0.29) is 5.41 Å². The second-order valence-electron chi connectivity index (χ2n) is 11.3. The predicted octanol–water partition coefficient (Wildman–Crippen LogP) is 5.53. The zero-order valence-electron chi connectivity index (χ0n) is 21.5. The largest absolute Gasteiger partial charge is 0.465 e. The summed E-state index contributed by atoms with van der Waals surface area (Å²) >= 11 is 3.61. The fourth-order valence-electron chi connectivity index (χ4n) is 4.94. The number of hydrogen-bond donors (Lipinski definition) is 1. The topological polar surface area (TPSA) is 96.6 Å². The minimum Gasteiger partial charge on any atom is -0.465 e. The molecular formula is C26H32BrFN6O3. The molecule has 1 saturated heterocycles. The Balaban J connectivity index is 1.40. The number of nitrogens with zero attached hydrogens (tertiary/aromatic N) is 6. The van der Waals surface area contributed by atoms with Gasteiger partial charge in [0.05, 0.1) is 21.7 Å². The van der Waals surface area contributed by atoms with Gasteiger partial charge in [0.1, 0.15) is 17.1 Å². The smallest absolute Gasteiger partial charge is 0.407 e. The van der Waals surface area contributed by atoms with Crippen molar-refractivity contribution in [1.82, 2.24) is 29.8 Å². The Bertz CT molecular complexity index is 1340. The normalized spacial score (nSPS) is 21.0. The summed E-state index contributed by atoms with van der Waals surface area (Å²) in [7, 11) is 0. The maximum absolute atomic E-state index is 14.3. The van der Waals surface area contributed by atoms with Crippen molar-refractivity contribution in [3.8, 4) is 11.6 Å². The van der Waals surface area contributed by atoms with E-state index in [4.69, 9.17) is 4.74 Å². The number of carbonyl (C=O) groups is 1. The first kappa shape index (κ1) is 25.8. The van der Waals surface area contributed by atoms with E-state index in [1.165, 1.54) is 23.8 Å². The Morgan fingerprint density at radius 1 is 1.30 bits per heavy atom. The Kier molecular flexibility index (Phi) is 6.64. The summed E-state index contributed by atoms with van der Waals surface area (Å²) in [5.74, 6) is 1.03. The minimum absolute atomic E-state index is 0.296. The molecule has 0 spiro atoms. The molecule has 0 unspecified atom stereocenters. The quantitative estimate of drug-likeness (QED) is 0.413. The third-order valence-electron chi connectivity index (χ3n) is 7.82. The zero-order valence-corrected chi connectivity index (χ0v) is 23.1. The van der Waals surface area contributed by atoms with Gasteiger partial charge < -0.3 is 9.84 Å². The van der Waals surface area contributed by atoms with Crippen LogP contribution in [0.3, 0.4) is 0 Å². The molecular weight excluding hydrogens is 543 g/mol. The fourth-order valence-corrected chi connectivity index (χ4v) is 5.43. The van der Waals surface area contributed by atoms with Crippen molar-refractivity contribution in [2.45, 2.75) is 59.2 Å². The van der Waals surface area contributed by atoms with Gasteiger partial charge in [0, 0.05) is 38.3 Å². The third-order valence-corrected chi connectivity index (χ3v) is 8.59. The standard InChI is InChI=1S/C26H32BrFN6O3/c1-25(2,3)26(4)15-32(9-10-33(26)24(35)36)14-17-11-18(28)12-29-23(17)37-20-8-7-19-22(21(20)27)30-31-34(19)13-16-5-6-16/h7-8,11-12,16H,5-6,9-10,13-15H2,1-4H3,(H,35,36)/t26-/m0/s1. The summed E-state index contributed by atoms with van der Waals surface area (Å²) in [5, 5.41) is 18.5. The second kappa shape index (κ2) is 9.50. The monoisotopic (exact) mass is 574 g/mol. The Morgan fingerprint density at radius 2 is 2.05 bits per heavy atom. The van der Waals surface area contributed by atoms with Crippen LogP contribution in [-0.4, -0.2) is 66.2 Å². The van der Waals surface area contributed by atoms with Gasteiger partial charge in [-0.05, 0) is 65.2 Å². The van der Waals surface area contributed by atoms with Crippen molar-refractivity contribution in [2.75, 3.05) is 19.6 Å². The lowest BCUT2D eigenvalue weighted by Gasteiger charge is -2.54. The van der Waals surface area contributed by atoms with Crippen LogP contribution in [0.5, 0.6) is 11.6 Å². The van der Waals surface area contributed by atoms with Crippen molar-refractivity contribution >= 4 is 33.1 Å². The fraction of sp³-hybridized carbons (Fsp3) is 0.538. The lowest BCUT2D eigenvalue weighted by Crippen LogP contribution is -2.67. The van der Waals surface area contributed by atoms with Gasteiger partial charge in [-0.15, -0.1) is 5.10 Å². The molecule has 11 heteroatoms. The Labute approximate surface area is 223 Å². The number of amides is 1. The summed E-state index contributed by atoms with van der Waals surface area (Å²) in [6.07, 6.45) is 2.66. The predicted molar refractivity (Wildman–Crippen MR) is 140 cm³/mol. The van der Waals surface area contributed by atoms with Gasteiger partial charge in [-0.2, -0.15) is 0 Å². The Hall–Kier alpha value is -2.79. The highest BCUT2D eigenvalue weighted by Crippen LogP contribution is 2.40. The van der Waals surface area contributed by atoms with Crippen LogP contribution in [-0.2, 0) is 13.1 Å². The number of ether oxygens (including phenoxy) is 1. The van der Waals surface area contributed by atoms with Crippen LogP contribution in [0.2, 0.25) is 0 Å². The van der Waals surface area contributed by atoms with E-state index in [1.807, 2.05) is 44.5 Å². The summed E-state index contributed by atoms with van der Waals surface area (Å²) in [5.41, 5.74) is 1.29. The van der Waals surface area contributed by atoms with E-state index in [2.05, 4.69) is 36.1 Å². The molecule has 5 rings (SSSR count). The number of aromatic nitrogens is 4. The lowest BCUT2D eigenvalue weighted by atomic mass is 9.72. The molecule has 0 radical (unpaired) electrons. The summed E-state index contributed by atoms with van der Waals surface area (Å²) in [4.78, 5) is 19.9. The molecule has 3 heterocycles. The van der Waals surface area contributed by atoms with Gasteiger partial charge in [-0.3, -0.25) is 9.80 Å². The van der Waals surface area contributed by atoms with Crippen molar-refractivity contribution in [3.63, 3.8) is 0 Å². The van der Waals surface area contributed by atoms with Crippen LogP contribution >= 0.6 is 15.9 Å². The van der Waals surface area contributed by atoms with Crippen LogP contribution in [0.15, 0.2) is 28.9 Å². The highest BCUT2D eigenvalue weighted by molar-refractivity contribution is 9.10. The van der Waals surface area contributed by atoms with Crippen LogP contribution in [0.4, 0.5) is 9.18 Å². The van der Waals surface area contributed by atoms with E-state index in [0.29, 0.717) is 59.3 Å². The molecule has 1 N–H and O–H groups in total. The van der Waals surface area contributed by atoms with Crippen LogP contribution < -0.4 is 4.74 Å². The highest BCUT2D eigenvalue weighted by atomic mass is 79.9. The first-order chi connectivity index (χ1) is 17.5. The van der Waals surface area contributed by atoms with E-state index >= 15 is 0 Å². The molecule has 9 nitrogen and oxygen atoms in total. The van der Waals surface area contributed by atoms with E-state index in [1.54, 1.807) is 0 Å². The van der Waals surface area contributed by atoms with E-state index in [9.17, 15) is 14.3 Å². The lowest BCUT2D eigenvalue weighted by molar-refractivity contribution is -0.0463. The first-order valence-corrected chi connectivity index (χ1v) is 13.3. The number of pyridine rings is 1. The van der Waals surface area contributed by atoms with Gasteiger partial charge in [0.2, 0.25) is 5.88 Å². The second-order valence-corrected chi connectivity index (χ2v) is 12.1. The van der Waals surface area contributed by atoms with Crippen molar-refractivity contribution in [2.24, 2.45) is 11.3 Å². The van der Waals surface area contributed by atoms with Crippen LogP contribution in [0.1, 0.15) is 46.1 Å². The van der Waals surface area contributed by atoms with Crippen molar-refractivity contribution in [3.05, 3.63) is 40.2 Å². The molecule has 37 heavy (non-hydrogen) atoms. The molecule has 1 saturated carbocycles. The summed E-state index contributed by atoms with van der Waals surface area (Å²) in [6, 6.07) is 5.20. The first-order valence-electron chi connectivity index (χ1n) is 12.5. The number of halogens is 2. The number of hydrogen-bond acceptors (Lipinski definition) is 6. The van der Waals surface area contributed by atoms with Crippen LogP contribution in [0.25, 0.3) is 11.0 Å². The van der Waals surface area contributed by atoms with Gasteiger partial charge in [-0.1, -0.05) is 26.0 Å². The summed E-state index contributed by atoms with van der Waals surface area (Å²) in [6.45, 7) is 10.7. The van der Waals surface area contributed by atoms with Gasteiger partial charge >= 0.3 is 6.09 Å². The average Bonchev–Trinajstić information content (AvgIpc) is 3.54. The molecule has 2 fully saturated rings. The molecule has 2 aromatic heterocycles. The maximum Gasteiger partial charge on any atom is 0.407 e. The van der Waals surface area contributed by atoms with Crippen LogP contribution in [0, 0.1) is 17.2 Å². The molecule has 1 amide bonds. The number of fused-ring (bicyclic) bond motifs is 1. The number of piperazine rings is 1. The zero-order chi connectivity index (χ0) is 26.5. The number of carboxylic acid groups (broad SMARTS) is 1. The number of rotatable bonds is 6.